The summed E-state index contributed by atoms with van der Waals surface area (Å²) >= 11 is 0. The third kappa shape index (κ3) is 60.3. The lowest BCUT2D eigenvalue weighted by Gasteiger charge is -2.22. The SMILES string of the molecule is CCCCCCCCCCCCCCCCCCCCCCCCCCCCCCCCCCCC(=O)NC(CO)C(O)CCCCCCCCCCCCCCCCCCCCCCCCCCCCC. The molecule has 0 spiro atoms. The van der Waals surface area contributed by atoms with E-state index in [-0.39, 0.29) is 12.5 Å². The molecule has 0 rings (SSSR count). The molecule has 72 heavy (non-hydrogen) atoms. The van der Waals surface area contributed by atoms with E-state index in [0.29, 0.717) is 12.8 Å². The second kappa shape index (κ2) is 64.7. The van der Waals surface area contributed by atoms with Crippen LogP contribution in [-0.4, -0.2) is 34.9 Å². The van der Waals surface area contributed by atoms with E-state index < -0.39 is 12.1 Å². The van der Waals surface area contributed by atoms with Crippen LogP contribution in [0.1, 0.15) is 412 Å². The lowest BCUT2D eigenvalue weighted by Crippen LogP contribution is -2.45. The topological polar surface area (TPSA) is 69.6 Å². The maximum absolute atomic E-state index is 12.6. The summed E-state index contributed by atoms with van der Waals surface area (Å²) in [6.07, 6.45) is 84.5. The van der Waals surface area contributed by atoms with Crippen LogP contribution in [0.4, 0.5) is 0 Å². The highest BCUT2D eigenvalue weighted by molar-refractivity contribution is 5.76. The van der Waals surface area contributed by atoms with Crippen LogP contribution >= 0.6 is 0 Å². The predicted octanol–water partition coefficient (Wildman–Crippen LogP) is 23.1. The van der Waals surface area contributed by atoms with Gasteiger partial charge in [-0.1, -0.05) is 393 Å². The summed E-state index contributed by atoms with van der Waals surface area (Å²) in [6, 6.07) is -0.533. The third-order valence-corrected chi connectivity index (χ3v) is 16.6. The van der Waals surface area contributed by atoms with Gasteiger partial charge < -0.3 is 15.5 Å². The zero-order valence-electron chi connectivity index (χ0n) is 50.0. The van der Waals surface area contributed by atoms with Crippen molar-refractivity contribution in [2.24, 2.45) is 0 Å². The van der Waals surface area contributed by atoms with Gasteiger partial charge in [0.25, 0.3) is 0 Å². The number of carbonyl (C=O) groups excluding carboxylic acids is 1. The van der Waals surface area contributed by atoms with Crippen molar-refractivity contribution in [3.8, 4) is 0 Å². The van der Waals surface area contributed by atoms with Crippen LogP contribution in [0.15, 0.2) is 0 Å². The first-order valence-corrected chi connectivity index (χ1v) is 34.2. The number of carbonyl (C=O) groups is 1. The van der Waals surface area contributed by atoms with Gasteiger partial charge >= 0.3 is 0 Å². The fourth-order valence-corrected chi connectivity index (χ4v) is 11.4. The molecule has 0 bridgehead atoms. The van der Waals surface area contributed by atoms with Gasteiger partial charge in [0.2, 0.25) is 5.91 Å². The summed E-state index contributed by atoms with van der Waals surface area (Å²) in [5.41, 5.74) is 0. The molecule has 3 N–H and O–H groups in total. The van der Waals surface area contributed by atoms with Gasteiger partial charge in [0.15, 0.2) is 0 Å². The molecule has 0 aliphatic carbocycles. The fourth-order valence-electron chi connectivity index (χ4n) is 11.4. The normalized spacial score (nSPS) is 12.6. The third-order valence-electron chi connectivity index (χ3n) is 16.6. The van der Waals surface area contributed by atoms with Crippen molar-refractivity contribution in [1.82, 2.24) is 5.32 Å². The zero-order chi connectivity index (χ0) is 52.0. The Balaban J connectivity index is 3.35. The lowest BCUT2D eigenvalue weighted by molar-refractivity contribution is -0.123. The van der Waals surface area contributed by atoms with Gasteiger partial charge in [0.05, 0.1) is 18.8 Å². The van der Waals surface area contributed by atoms with Crippen molar-refractivity contribution in [3.63, 3.8) is 0 Å². The minimum Gasteiger partial charge on any atom is -0.394 e. The summed E-state index contributed by atoms with van der Waals surface area (Å²) < 4.78 is 0. The molecule has 2 atom stereocenters. The van der Waals surface area contributed by atoms with E-state index >= 15 is 0 Å². The average molecular weight is 1020 g/mol. The summed E-state index contributed by atoms with van der Waals surface area (Å²) in [4.78, 5) is 12.6. The van der Waals surface area contributed by atoms with Crippen molar-refractivity contribution >= 4 is 5.91 Å². The molecule has 4 nitrogen and oxygen atoms in total. The number of aliphatic hydroxyl groups is 2. The first-order valence-electron chi connectivity index (χ1n) is 34.2. The van der Waals surface area contributed by atoms with Crippen LogP contribution in [0.5, 0.6) is 0 Å². The van der Waals surface area contributed by atoms with Crippen LogP contribution < -0.4 is 5.32 Å². The van der Waals surface area contributed by atoms with E-state index in [1.54, 1.807) is 0 Å². The smallest absolute Gasteiger partial charge is 0.220 e. The van der Waals surface area contributed by atoms with Crippen molar-refractivity contribution < 1.29 is 15.0 Å². The quantitative estimate of drug-likeness (QED) is 0.0532. The van der Waals surface area contributed by atoms with E-state index in [1.807, 2.05) is 0 Å². The molecule has 0 heterocycles. The molecule has 0 radical (unpaired) electrons. The maximum atomic E-state index is 12.6. The van der Waals surface area contributed by atoms with E-state index in [2.05, 4.69) is 19.2 Å². The second-order valence-electron chi connectivity index (χ2n) is 24.0. The summed E-state index contributed by atoms with van der Waals surface area (Å²) in [7, 11) is 0. The number of nitrogens with one attached hydrogen (secondary N) is 1. The van der Waals surface area contributed by atoms with Gasteiger partial charge in [0, 0.05) is 6.42 Å². The Morgan fingerprint density at radius 1 is 0.278 bits per heavy atom. The minimum absolute atomic E-state index is 0.0194. The van der Waals surface area contributed by atoms with Crippen LogP contribution in [0, 0.1) is 0 Å². The molecule has 0 aliphatic heterocycles. The van der Waals surface area contributed by atoms with Gasteiger partial charge in [-0.05, 0) is 12.8 Å². The molecular formula is C68H137NO3. The Bertz CT molecular complexity index is 971. The number of unbranched alkanes of at least 4 members (excludes halogenated alkanes) is 58. The molecule has 4 heteroatoms. The highest BCUT2D eigenvalue weighted by Crippen LogP contribution is 2.20. The highest BCUT2D eigenvalue weighted by atomic mass is 16.3. The summed E-state index contributed by atoms with van der Waals surface area (Å²) in [5.74, 6) is -0.0194. The fraction of sp³-hybridized carbons (Fsp3) is 0.985. The monoisotopic (exact) mass is 1020 g/mol. The van der Waals surface area contributed by atoms with Crippen LogP contribution in [-0.2, 0) is 4.79 Å². The van der Waals surface area contributed by atoms with Gasteiger partial charge in [-0.2, -0.15) is 0 Å². The maximum Gasteiger partial charge on any atom is 0.220 e. The van der Waals surface area contributed by atoms with Crippen LogP contribution in [0.2, 0.25) is 0 Å². The molecule has 0 saturated carbocycles. The first-order chi connectivity index (χ1) is 35.7. The number of rotatable bonds is 65. The van der Waals surface area contributed by atoms with Crippen molar-refractivity contribution in [2.45, 2.75) is 424 Å². The Morgan fingerprint density at radius 3 is 0.625 bits per heavy atom. The summed E-state index contributed by atoms with van der Waals surface area (Å²) in [5, 5.41) is 23.5. The molecule has 432 valence electrons. The molecule has 1 amide bonds. The standard InChI is InChI=1S/C68H137NO3/c1-3-5-7-9-11-13-15-17-19-21-23-25-27-29-31-32-33-34-35-36-38-40-42-44-46-48-50-52-54-56-58-60-62-64-68(72)69-66(65-70)67(71)63-61-59-57-55-53-51-49-47-45-43-41-39-37-30-28-26-24-22-20-18-16-14-12-10-8-6-4-2/h66-67,70-71H,3-65H2,1-2H3,(H,69,72). The van der Waals surface area contributed by atoms with E-state index in [4.69, 9.17) is 0 Å². The zero-order valence-corrected chi connectivity index (χ0v) is 50.0. The Labute approximate surface area is 454 Å². The number of hydrogen-bond donors (Lipinski definition) is 3. The van der Waals surface area contributed by atoms with Crippen molar-refractivity contribution in [3.05, 3.63) is 0 Å². The number of amides is 1. The van der Waals surface area contributed by atoms with Gasteiger partial charge in [0.1, 0.15) is 0 Å². The molecule has 0 aliphatic rings. The van der Waals surface area contributed by atoms with Gasteiger partial charge in [-0.15, -0.1) is 0 Å². The molecule has 0 saturated heterocycles. The molecule has 0 aromatic rings. The van der Waals surface area contributed by atoms with E-state index in [9.17, 15) is 15.0 Å². The molecule has 0 aromatic carbocycles. The lowest BCUT2D eigenvalue weighted by atomic mass is 10.0. The molecule has 0 aromatic heterocycles. The Hall–Kier alpha value is -0.610. The Morgan fingerprint density at radius 2 is 0.444 bits per heavy atom. The van der Waals surface area contributed by atoms with Crippen LogP contribution in [0.3, 0.4) is 0 Å². The highest BCUT2D eigenvalue weighted by Gasteiger charge is 2.20. The minimum atomic E-state index is -0.656. The van der Waals surface area contributed by atoms with Crippen molar-refractivity contribution in [1.29, 1.82) is 0 Å². The second-order valence-corrected chi connectivity index (χ2v) is 24.0. The average Bonchev–Trinajstić information content (AvgIpc) is 3.39. The Kier molecular flexibility index (Phi) is 64.1. The molecular weight excluding hydrogens is 879 g/mol. The van der Waals surface area contributed by atoms with Crippen LogP contribution in [0.25, 0.3) is 0 Å². The molecule has 0 fully saturated rings. The van der Waals surface area contributed by atoms with Gasteiger partial charge in [-0.3, -0.25) is 4.79 Å². The van der Waals surface area contributed by atoms with E-state index in [1.165, 1.54) is 360 Å². The first kappa shape index (κ1) is 71.4. The number of aliphatic hydroxyl groups excluding tert-OH is 2. The summed E-state index contributed by atoms with van der Waals surface area (Å²) in [6.45, 7) is 4.42. The number of hydrogen-bond acceptors (Lipinski definition) is 3. The van der Waals surface area contributed by atoms with Gasteiger partial charge in [-0.25, -0.2) is 0 Å². The van der Waals surface area contributed by atoms with Crippen molar-refractivity contribution in [2.75, 3.05) is 6.61 Å². The molecule has 2 unspecified atom stereocenters. The predicted molar refractivity (Wildman–Crippen MR) is 323 cm³/mol. The largest absolute Gasteiger partial charge is 0.394 e. The van der Waals surface area contributed by atoms with E-state index in [0.717, 1.165) is 25.7 Å².